The van der Waals surface area contributed by atoms with Crippen LogP contribution in [0, 0.1) is 6.92 Å². The first-order valence-electron chi connectivity index (χ1n) is 9.99. The van der Waals surface area contributed by atoms with Crippen LogP contribution < -0.4 is 16.2 Å². The molecular formula is C23H21N5O4. The maximum absolute atomic E-state index is 13.2. The van der Waals surface area contributed by atoms with E-state index in [0.29, 0.717) is 22.8 Å². The van der Waals surface area contributed by atoms with Crippen LogP contribution in [0.25, 0.3) is 5.65 Å². The van der Waals surface area contributed by atoms with E-state index in [2.05, 4.69) is 20.7 Å². The number of fused-ring (bicyclic) bond motifs is 1. The number of benzene rings is 2. The molecule has 4 aromatic rings. The highest BCUT2D eigenvalue weighted by Crippen LogP contribution is 2.24. The third kappa shape index (κ3) is 4.22. The molecule has 32 heavy (non-hydrogen) atoms. The summed E-state index contributed by atoms with van der Waals surface area (Å²) in [5, 5.41) is 8.85. The first-order valence-corrected chi connectivity index (χ1v) is 9.99. The Hall–Kier alpha value is -4.40. The predicted molar refractivity (Wildman–Crippen MR) is 121 cm³/mol. The highest BCUT2D eigenvalue weighted by molar-refractivity contribution is 6.12. The van der Waals surface area contributed by atoms with Crippen LogP contribution in [-0.4, -0.2) is 33.1 Å². The Kier molecular flexibility index (Phi) is 5.71. The Balaban J connectivity index is 1.70. The van der Waals surface area contributed by atoms with Crippen molar-refractivity contribution in [3.8, 4) is 0 Å². The van der Waals surface area contributed by atoms with Crippen molar-refractivity contribution in [1.82, 2.24) is 14.6 Å². The molecule has 9 nitrogen and oxygen atoms in total. The molecular weight excluding hydrogens is 410 g/mol. The van der Waals surface area contributed by atoms with Gasteiger partial charge in [-0.25, -0.2) is 9.78 Å². The molecule has 0 bridgehead atoms. The fourth-order valence-electron chi connectivity index (χ4n) is 3.22. The zero-order valence-corrected chi connectivity index (χ0v) is 17.5. The molecule has 0 aliphatic rings. The van der Waals surface area contributed by atoms with Crippen molar-refractivity contribution in [3.63, 3.8) is 0 Å². The molecule has 2 heterocycles. The molecule has 0 saturated carbocycles. The number of aromatic nitrogens is 3. The second-order valence-electron chi connectivity index (χ2n) is 7.00. The fraction of sp³-hybridized carbons (Fsp3) is 0.130. The van der Waals surface area contributed by atoms with E-state index < -0.39 is 11.9 Å². The van der Waals surface area contributed by atoms with Crippen LogP contribution in [-0.2, 0) is 4.74 Å². The molecule has 1 amide bonds. The average molecular weight is 431 g/mol. The molecule has 0 aliphatic carbocycles. The van der Waals surface area contributed by atoms with Crippen LogP contribution >= 0.6 is 0 Å². The Labute approximate surface area is 183 Å². The highest BCUT2D eigenvalue weighted by Gasteiger charge is 2.22. The fourth-order valence-corrected chi connectivity index (χ4v) is 3.22. The van der Waals surface area contributed by atoms with Crippen LogP contribution in [0.15, 0.2) is 65.5 Å². The topological polar surface area (TPSA) is 118 Å². The van der Waals surface area contributed by atoms with Crippen molar-refractivity contribution >= 4 is 34.7 Å². The molecule has 0 saturated heterocycles. The molecule has 3 N–H and O–H groups in total. The number of nitrogens with zero attached hydrogens (tertiary/aromatic N) is 2. The second-order valence-corrected chi connectivity index (χ2v) is 7.00. The first-order chi connectivity index (χ1) is 15.5. The molecule has 162 valence electrons. The van der Waals surface area contributed by atoms with Gasteiger partial charge in [0, 0.05) is 23.1 Å². The van der Waals surface area contributed by atoms with Crippen LogP contribution in [0.3, 0.4) is 0 Å². The van der Waals surface area contributed by atoms with Crippen molar-refractivity contribution < 1.29 is 14.3 Å². The number of rotatable bonds is 6. The average Bonchev–Trinajstić information content (AvgIpc) is 3.13. The standard InChI is InChI=1S/C23H21N5O4/c1-3-32-23(31)15-9-11-17(12-10-15)26-22(30)19-20(25-16-7-5-4-6-8-16)27-28-18(29)13-14(2)24-21(19)28/h4-13,25,27H,3H2,1-2H3,(H,26,30). The monoisotopic (exact) mass is 431 g/mol. The number of ether oxygens (including phenoxy) is 1. The van der Waals surface area contributed by atoms with Gasteiger partial charge in [-0.3, -0.25) is 14.7 Å². The molecule has 0 spiro atoms. The van der Waals surface area contributed by atoms with Crippen molar-refractivity contribution in [1.29, 1.82) is 0 Å². The van der Waals surface area contributed by atoms with E-state index in [0.717, 1.165) is 5.69 Å². The van der Waals surface area contributed by atoms with E-state index in [4.69, 9.17) is 4.74 Å². The number of esters is 1. The highest BCUT2D eigenvalue weighted by atomic mass is 16.5. The molecule has 4 rings (SSSR count). The smallest absolute Gasteiger partial charge is 0.338 e. The van der Waals surface area contributed by atoms with Gasteiger partial charge >= 0.3 is 5.97 Å². The summed E-state index contributed by atoms with van der Waals surface area (Å²) >= 11 is 0. The number of hydrogen-bond donors (Lipinski definition) is 3. The minimum Gasteiger partial charge on any atom is -0.462 e. The summed E-state index contributed by atoms with van der Waals surface area (Å²) in [5.41, 5.74) is 2.14. The molecule has 2 aromatic heterocycles. The number of aryl methyl sites for hydroxylation is 1. The summed E-state index contributed by atoms with van der Waals surface area (Å²) in [4.78, 5) is 41.9. The summed E-state index contributed by atoms with van der Waals surface area (Å²) in [6, 6.07) is 17.0. The van der Waals surface area contributed by atoms with Crippen LogP contribution in [0.5, 0.6) is 0 Å². The lowest BCUT2D eigenvalue weighted by molar-refractivity contribution is 0.0526. The number of aromatic amines is 1. The number of nitrogens with one attached hydrogen (secondary N) is 3. The second kappa shape index (κ2) is 8.76. The summed E-state index contributed by atoms with van der Waals surface area (Å²) in [6.07, 6.45) is 0. The Morgan fingerprint density at radius 1 is 1.06 bits per heavy atom. The number of carbonyl (C=O) groups is 2. The van der Waals surface area contributed by atoms with Gasteiger partial charge in [0.05, 0.1) is 12.2 Å². The number of amides is 1. The molecule has 9 heteroatoms. The molecule has 2 aromatic carbocycles. The van der Waals surface area contributed by atoms with E-state index >= 15 is 0 Å². The van der Waals surface area contributed by atoms with E-state index in [1.54, 1.807) is 38.1 Å². The normalized spacial score (nSPS) is 10.7. The summed E-state index contributed by atoms with van der Waals surface area (Å²) in [6.45, 7) is 3.70. The van der Waals surface area contributed by atoms with E-state index in [9.17, 15) is 14.4 Å². The van der Waals surface area contributed by atoms with Crippen LogP contribution in [0.4, 0.5) is 17.2 Å². The number of carbonyl (C=O) groups excluding carboxylic acids is 2. The maximum Gasteiger partial charge on any atom is 0.338 e. The van der Waals surface area contributed by atoms with Gasteiger partial charge in [0.1, 0.15) is 11.4 Å². The lowest BCUT2D eigenvalue weighted by Crippen LogP contribution is -2.17. The van der Waals surface area contributed by atoms with Gasteiger partial charge in [-0.2, -0.15) is 4.52 Å². The van der Waals surface area contributed by atoms with Crippen molar-refractivity contribution in [3.05, 3.63) is 87.8 Å². The maximum atomic E-state index is 13.2. The zero-order valence-electron chi connectivity index (χ0n) is 17.5. The SMILES string of the molecule is CCOC(=O)c1ccc(NC(=O)c2c(Nc3ccccc3)[nH]n3c(=O)cc(C)nc23)cc1. The number of anilines is 3. The summed E-state index contributed by atoms with van der Waals surface area (Å²) in [5.74, 6) is -0.578. The Morgan fingerprint density at radius 3 is 2.47 bits per heavy atom. The minimum absolute atomic E-state index is 0.184. The molecule has 0 aliphatic heterocycles. The van der Waals surface area contributed by atoms with Gasteiger partial charge in [-0.1, -0.05) is 18.2 Å². The number of para-hydroxylation sites is 1. The minimum atomic E-state index is -0.469. The quantitative estimate of drug-likeness (QED) is 0.402. The van der Waals surface area contributed by atoms with Crippen molar-refractivity contribution in [2.75, 3.05) is 17.2 Å². The largest absolute Gasteiger partial charge is 0.462 e. The molecule has 0 fully saturated rings. The van der Waals surface area contributed by atoms with Gasteiger partial charge in [-0.05, 0) is 50.2 Å². The van der Waals surface area contributed by atoms with Crippen molar-refractivity contribution in [2.24, 2.45) is 0 Å². The van der Waals surface area contributed by atoms with Crippen molar-refractivity contribution in [2.45, 2.75) is 13.8 Å². The van der Waals surface area contributed by atoms with Gasteiger partial charge in [0.2, 0.25) is 0 Å². The first kappa shape index (κ1) is 20.9. The molecule has 0 unspecified atom stereocenters. The van der Waals surface area contributed by atoms with Gasteiger partial charge in [-0.15, -0.1) is 0 Å². The van der Waals surface area contributed by atoms with Gasteiger partial charge in [0.25, 0.3) is 11.5 Å². The molecule has 0 radical (unpaired) electrons. The van der Waals surface area contributed by atoms with Crippen LogP contribution in [0.2, 0.25) is 0 Å². The number of hydrogen-bond acceptors (Lipinski definition) is 6. The number of H-pyrrole nitrogens is 1. The lowest BCUT2D eigenvalue weighted by Gasteiger charge is -2.09. The predicted octanol–water partition coefficient (Wildman–Crippen LogP) is 3.50. The van der Waals surface area contributed by atoms with Crippen LogP contribution in [0.1, 0.15) is 33.3 Å². The van der Waals surface area contributed by atoms with E-state index in [-0.39, 0.29) is 23.4 Å². The molecule has 0 atom stereocenters. The third-order valence-corrected chi connectivity index (χ3v) is 4.67. The van der Waals surface area contributed by atoms with E-state index in [1.807, 2.05) is 30.3 Å². The summed E-state index contributed by atoms with van der Waals surface area (Å²) < 4.78 is 6.19. The lowest BCUT2D eigenvalue weighted by atomic mass is 10.2. The Morgan fingerprint density at radius 2 is 1.78 bits per heavy atom. The summed E-state index contributed by atoms with van der Waals surface area (Å²) in [7, 11) is 0. The van der Waals surface area contributed by atoms with E-state index in [1.165, 1.54) is 10.6 Å². The van der Waals surface area contributed by atoms with Gasteiger partial charge < -0.3 is 15.4 Å². The van der Waals surface area contributed by atoms with Gasteiger partial charge in [0.15, 0.2) is 5.65 Å². The Bertz CT molecular complexity index is 1340. The zero-order chi connectivity index (χ0) is 22.7. The third-order valence-electron chi connectivity index (χ3n) is 4.67.